The Labute approximate surface area is 106 Å². The van der Waals surface area contributed by atoms with Crippen LogP contribution in [0.15, 0.2) is 12.5 Å². The summed E-state index contributed by atoms with van der Waals surface area (Å²) in [5.74, 6) is -1.67. The van der Waals surface area contributed by atoms with Crippen LogP contribution in [-0.2, 0) is 4.79 Å². The van der Waals surface area contributed by atoms with E-state index in [1.807, 2.05) is 11.5 Å². The Morgan fingerprint density at radius 3 is 2.89 bits per heavy atom. The molecule has 18 heavy (non-hydrogen) atoms. The van der Waals surface area contributed by atoms with Gasteiger partial charge >= 0.3 is 5.97 Å². The number of aliphatic hydroxyl groups is 1. The van der Waals surface area contributed by atoms with Gasteiger partial charge < -0.3 is 14.8 Å². The Kier molecular flexibility index (Phi) is 4.01. The lowest BCUT2D eigenvalue weighted by Gasteiger charge is -2.20. The van der Waals surface area contributed by atoms with Gasteiger partial charge in [-0.25, -0.2) is 4.98 Å². The second kappa shape index (κ2) is 5.52. The van der Waals surface area contributed by atoms with Crippen LogP contribution < -0.4 is 0 Å². The maximum absolute atomic E-state index is 11.2. The number of aliphatic carboxylic acids is 1. The van der Waals surface area contributed by atoms with Crippen molar-refractivity contribution in [2.45, 2.75) is 51.2 Å². The summed E-state index contributed by atoms with van der Waals surface area (Å²) in [6.07, 6.45) is 6.73. The van der Waals surface area contributed by atoms with Crippen LogP contribution in [-0.4, -0.2) is 25.7 Å². The highest BCUT2D eigenvalue weighted by Crippen LogP contribution is 2.38. The van der Waals surface area contributed by atoms with Crippen LogP contribution in [0.25, 0.3) is 0 Å². The van der Waals surface area contributed by atoms with E-state index in [1.165, 1.54) is 0 Å². The molecule has 0 amide bonds. The van der Waals surface area contributed by atoms with E-state index < -0.39 is 18.0 Å². The molecule has 5 nitrogen and oxygen atoms in total. The maximum Gasteiger partial charge on any atom is 0.309 e. The van der Waals surface area contributed by atoms with Gasteiger partial charge in [0.2, 0.25) is 0 Å². The van der Waals surface area contributed by atoms with Gasteiger partial charge in [0.15, 0.2) is 0 Å². The first-order chi connectivity index (χ1) is 8.65. The summed E-state index contributed by atoms with van der Waals surface area (Å²) in [7, 11) is 0. The topological polar surface area (TPSA) is 75.3 Å². The minimum Gasteiger partial charge on any atom is -0.481 e. The van der Waals surface area contributed by atoms with Crippen molar-refractivity contribution < 1.29 is 15.0 Å². The highest BCUT2D eigenvalue weighted by molar-refractivity contribution is 5.70. The Bertz CT molecular complexity index is 412. The Hall–Kier alpha value is -1.36. The summed E-state index contributed by atoms with van der Waals surface area (Å²) in [5.41, 5.74) is 0.640. The van der Waals surface area contributed by atoms with Crippen LogP contribution >= 0.6 is 0 Å². The van der Waals surface area contributed by atoms with Gasteiger partial charge in [-0.15, -0.1) is 0 Å². The van der Waals surface area contributed by atoms with Crippen LogP contribution in [0.5, 0.6) is 0 Å². The van der Waals surface area contributed by atoms with Gasteiger partial charge in [-0.05, 0) is 19.3 Å². The van der Waals surface area contributed by atoms with E-state index in [-0.39, 0.29) is 0 Å². The van der Waals surface area contributed by atoms with Crippen LogP contribution in [0.2, 0.25) is 0 Å². The molecular weight excluding hydrogens is 232 g/mol. The Balaban J connectivity index is 2.13. The number of imidazole rings is 1. The lowest BCUT2D eigenvalue weighted by Crippen LogP contribution is -2.23. The maximum atomic E-state index is 11.2. The molecule has 1 saturated carbocycles. The third kappa shape index (κ3) is 2.72. The zero-order valence-electron chi connectivity index (χ0n) is 10.6. The molecule has 5 heteroatoms. The molecule has 0 aromatic carbocycles. The molecule has 1 heterocycles. The minimum absolute atomic E-state index is 0.401. The van der Waals surface area contributed by atoms with Crippen molar-refractivity contribution in [3.05, 3.63) is 18.2 Å². The highest BCUT2D eigenvalue weighted by Gasteiger charge is 2.33. The normalized spacial score (nSPS) is 18.6. The van der Waals surface area contributed by atoms with Crippen molar-refractivity contribution in [1.82, 2.24) is 9.55 Å². The number of hydrogen-bond acceptors (Lipinski definition) is 3. The molecule has 1 aliphatic carbocycles. The average Bonchev–Trinajstić information content (AvgIpc) is 3.06. The summed E-state index contributed by atoms with van der Waals surface area (Å²) in [6, 6.07) is 0.401. The molecule has 100 valence electrons. The summed E-state index contributed by atoms with van der Waals surface area (Å²) >= 11 is 0. The third-order valence-electron chi connectivity index (χ3n) is 3.51. The van der Waals surface area contributed by atoms with Gasteiger partial charge in [0, 0.05) is 6.04 Å². The minimum atomic E-state index is -0.961. The van der Waals surface area contributed by atoms with Crippen LogP contribution in [0.3, 0.4) is 0 Å². The molecule has 0 radical (unpaired) electrons. The number of aromatic nitrogens is 2. The number of carboxylic acid groups (broad SMARTS) is 1. The molecule has 1 aliphatic rings. The van der Waals surface area contributed by atoms with Crippen molar-refractivity contribution in [1.29, 1.82) is 0 Å². The average molecular weight is 252 g/mol. The summed E-state index contributed by atoms with van der Waals surface area (Å²) in [5, 5.41) is 19.5. The van der Waals surface area contributed by atoms with E-state index in [0.29, 0.717) is 18.2 Å². The van der Waals surface area contributed by atoms with Crippen LogP contribution in [0.1, 0.15) is 56.9 Å². The largest absolute Gasteiger partial charge is 0.481 e. The summed E-state index contributed by atoms with van der Waals surface area (Å²) < 4.78 is 1.92. The van der Waals surface area contributed by atoms with Crippen molar-refractivity contribution in [3.8, 4) is 0 Å². The predicted octanol–water partition coefficient (Wildman–Crippen LogP) is 2.14. The Morgan fingerprint density at radius 1 is 1.61 bits per heavy atom. The molecule has 2 atom stereocenters. The smallest absolute Gasteiger partial charge is 0.309 e. The first-order valence-electron chi connectivity index (χ1n) is 6.57. The fraction of sp³-hybridized carbons (Fsp3) is 0.692. The molecule has 0 aliphatic heterocycles. The fourth-order valence-electron chi connectivity index (χ4n) is 2.25. The van der Waals surface area contributed by atoms with E-state index in [9.17, 15) is 15.0 Å². The highest BCUT2D eigenvalue weighted by atomic mass is 16.4. The lowest BCUT2D eigenvalue weighted by atomic mass is 9.94. The van der Waals surface area contributed by atoms with Gasteiger partial charge in [-0.2, -0.15) is 0 Å². The quantitative estimate of drug-likeness (QED) is 0.779. The van der Waals surface area contributed by atoms with E-state index in [4.69, 9.17) is 0 Å². The monoisotopic (exact) mass is 252 g/mol. The molecule has 2 N–H and O–H groups in total. The molecule has 0 bridgehead atoms. The number of carbonyl (C=O) groups is 1. The van der Waals surface area contributed by atoms with E-state index in [1.54, 1.807) is 12.5 Å². The SMILES string of the molecule is CCCCC(C(=O)O)C(O)c1cncn1C1CC1. The number of rotatable bonds is 7. The van der Waals surface area contributed by atoms with E-state index >= 15 is 0 Å². The van der Waals surface area contributed by atoms with Crippen molar-refractivity contribution in [2.24, 2.45) is 5.92 Å². The van der Waals surface area contributed by atoms with E-state index in [0.717, 1.165) is 25.7 Å². The number of aliphatic hydroxyl groups excluding tert-OH is 1. The van der Waals surface area contributed by atoms with Crippen LogP contribution in [0.4, 0.5) is 0 Å². The fourth-order valence-corrected chi connectivity index (χ4v) is 2.25. The second-order valence-corrected chi connectivity index (χ2v) is 4.99. The molecule has 2 rings (SSSR count). The zero-order chi connectivity index (χ0) is 13.1. The standard InChI is InChI=1S/C13H20N2O3/c1-2-3-4-10(13(17)18)12(16)11-7-14-8-15(11)9-5-6-9/h7-10,12,16H,2-6H2,1H3,(H,17,18). The van der Waals surface area contributed by atoms with Crippen molar-refractivity contribution >= 4 is 5.97 Å². The molecular formula is C13H20N2O3. The molecule has 1 aromatic rings. The summed E-state index contributed by atoms with van der Waals surface area (Å²) in [6.45, 7) is 2.01. The van der Waals surface area contributed by atoms with Gasteiger partial charge in [-0.3, -0.25) is 4.79 Å². The van der Waals surface area contributed by atoms with Gasteiger partial charge in [0.1, 0.15) is 6.10 Å². The molecule has 1 fully saturated rings. The number of nitrogens with zero attached hydrogens (tertiary/aromatic N) is 2. The van der Waals surface area contributed by atoms with Crippen LogP contribution in [0, 0.1) is 5.92 Å². The number of unbranched alkanes of at least 4 members (excludes halogenated alkanes) is 1. The third-order valence-corrected chi connectivity index (χ3v) is 3.51. The predicted molar refractivity (Wildman–Crippen MR) is 66.1 cm³/mol. The van der Waals surface area contributed by atoms with Crippen molar-refractivity contribution in [3.63, 3.8) is 0 Å². The zero-order valence-corrected chi connectivity index (χ0v) is 10.6. The molecule has 0 spiro atoms. The van der Waals surface area contributed by atoms with E-state index in [2.05, 4.69) is 4.98 Å². The Morgan fingerprint density at radius 2 is 2.33 bits per heavy atom. The first kappa shape index (κ1) is 13.1. The first-order valence-corrected chi connectivity index (χ1v) is 6.57. The van der Waals surface area contributed by atoms with Gasteiger partial charge in [0.05, 0.1) is 24.1 Å². The number of carboxylic acids is 1. The van der Waals surface area contributed by atoms with Gasteiger partial charge in [0.25, 0.3) is 0 Å². The van der Waals surface area contributed by atoms with Crippen molar-refractivity contribution in [2.75, 3.05) is 0 Å². The number of hydrogen-bond donors (Lipinski definition) is 2. The second-order valence-electron chi connectivity index (χ2n) is 4.99. The lowest BCUT2D eigenvalue weighted by molar-refractivity contribution is -0.146. The van der Waals surface area contributed by atoms with Gasteiger partial charge in [-0.1, -0.05) is 19.8 Å². The summed E-state index contributed by atoms with van der Waals surface area (Å²) in [4.78, 5) is 15.3. The molecule has 2 unspecified atom stereocenters. The molecule has 0 saturated heterocycles. The molecule has 1 aromatic heterocycles.